The van der Waals surface area contributed by atoms with Crippen molar-refractivity contribution in [2.24, 2.45) is 17.3 Å². The maximum atomic E-state index is 12.6. The summed E-state index contributed by atoms with van der Waals surface area (Å²) in [6, 6.07) is 6.00. The molecule has 0 saturated heterocycles. The third-order valence-electron chi connectivity index (χ3n) is 8.68. The maximum absolute atomic E-state index is 12.6. The van der Waals surface area contributed by atoms with E-state index in [1.165, 1.54) is 18.2 Å². The van der Waals surface area contributed by atoms with Gasteiger partial charge < -0.3 is 18.9 Å². The van der Waals surface area contributed by atoms with Gasteiger partial charge in [0, 0.05) is 13.2 Å². The minimum absolute atomic E-state index is 0.0419. The number of aryl methyl sites for hydroxylation is 1. The second kappa shape index (κ2) is 11.2. The molecule has 1 aromatic rings. The van der Waals surface area contributed by atoms with Crippen LogP contribution in [-0.4, -0.2) is 57.5 Å². The first-order chi connectivity index (χ1) is 17.8. The van der Waals surface area contributed by atoms with Crippen molar-refractivity contribution in [1.82, 2.24) is 0 Å². The number of fused-ring (bicyclic) bond motifs is 5. The first-order valence-electron chi connectivity index (χ1n) is 13.0. The smallest absolute Gasteiger partial charge is 0.423 e. The number of halogens is 6. The second-order valence-electron chi connectivity index (χ2n) is 10.8. The Morgan fingerprint density at radius 2 is 1.79 bits per heavy atom. The Morgan fingerprint density at radius 1 is 1.05 bits per heavy atom. The van der Waals surface area contributed by atoms with Crippen LogP contribution in [0.1, 0.15) is 62.5 Å². The van der Waals surface area contributed by atoms with Gasteiger partial charge in [0.25, 0.3) is 0 Å². The first-order valence-corrected chi connectivity index (χ1v) is 13.0. The zero-order valence-electron chi connectivity index (χ0n) is 21.5. The largest absolute Gasteiger partial charge is 0.482 e. The summed E-state index contributed by atoms with van der Waals surface area (Å²) in [6.07, 6.45) is -9.24. The SMILES string of the molecule is COC(=O)COc1ccc2c(c1)CC[C@@H]1[C@@H]2CC[C@]2(C)[C@@H](OCCCOC(C(F)(F)F)C(F)(F)F)CC[C@@H]12. The van der Waals surface area contributed by atoms with E-state index in [1.807, 2.05) is 12.1 Å². The molecule has 214 valence electrons. The number of carbonyl (C=O) groups is 1. The van der Waals surface area contributed by atoms with E-state index in [0.29, 0.717) is 23.5 Å². The van der Waals surface area contributed by atoms with E-state index in [4.69, 9.17) is 9.47 Å². The maximum Gasteiger partial charge on any atom is 0.423 e. The Morgan fingerprint density at radius 3 is 2.47 bits per heavy atom. The summed E-state index contributed by atoms with van der Waals surface area (Å²) in [5.41, 5.74) is 2.47. The van der Waals surface area contributed by atoms with Gasteiger partial charge in [-0.1, -0.05) is 13.0 Å². The van der Waals surface area contributed by atoms with Crippen LogP contribution in [0.2, 0.25) is 0 Å². The number of carbonyl (C=O) groups excluding carboxylic acids is 1. The van der Waals surface area contributed by atoms with Crippen molar-refractivity contribution in [2.75, 3.05) is 26.9 Å². The molecule has 3 aliphatic carbocycles. The van der Waals surface area contributed by atoms with Crippen molar-refractivity contribution in [3.8, 4) is 5.75 Å². The number of ether oxygens (including phenoxy) is 4. The molecule has 0 radical (unpaired) electrons. The highest BCUT2D eigenvalue weighted by molar-refractivity contribution is 5.70. The van der Waals surface area contributed by atoms with Gasteiger partial charge in [0.2, 0.25) is 6.10 Å². The van der Waals surface area contributed by atoms with E-state index in [1.54, 1.807) is 0 Å². The van der Waals surface area contributed by atoms with E-state index < -0.39 is 31.0 Å². The zero-order chi connectivity index (χ0) is 27.7. The molecule has 4 rings (SSSR count). The van der Waals surface area contributed by atoms with Crippen LogP contribution in [0.15, 0.2) is 18.2 Å². The Balaban J connectivity index is 1.31. The van der Waals surface area contributed by atoms with Gasteiger partial charge in [-0.3, -0.25) is 0 Å². The molecule has 38 heavy (non-hydrogen) atoms. The molecule has 0 bridgehead atoms. The minimum atomic E-state index is -5.50. The average Bonchev–Trinajstić information content (AvgIpc) is 3.18. The lowest BCUT2D eigenvalue weighted by Gasteiger charge is -2.50. The highest BCUT2D eigenvalue weighted by Gasteiger charge is 2.58. The van der Waals surface area contributed by atoms with Crippen LogP contribution < -0.4 is 4.74 Å². The zero-order valence-corrected chi connectivity index (χ0v) is 21.5. The molecule has 0 N–H and O–H groups in total. The molecular weight excluding hydrogens is 518 g/mol. The van der Waals surface area contributed by atoms with Crippen LogP contribution in [0.4, 0.5) is 26.3 Å². The van der Waals surface area contributed by atoms with Crippen molar-refractivity contribution in [3.05, 3.63) is 29.3 Å². The molecule has 0 spiro atoms. The molecule has 5 atom stereocenters. The fraction of sp³-hybridized carbons (Fsp3) is 0.741. The summed E-state index contributed by atoms with van der Waals surface area (Å²) in [4.78, 5) is 11.4. The molecule has 11 heteroatoms. The lowest BCUT2D eigenvalue weighted by atomic mass is 9.55. The first kappa shape index (κ1) is 29.0. The van der Waals surface area contributed by atoms with Crippen LogP contribution >= 0.6 is 0 Å². The van der Waals surface area contributed by atoms with Gasteiger partial charge in [0.05, 0.1) is 13.2 Å². The number of alkyl halides is 6. The third-order valence-corrected chi connectivity index (χ3v) is 8.68. The van der Waals surface area contributed by atoms with Gasteiger partial charge in [-0.2, -0.15) is 26.3 Å². The van der Waals surface area contributed by atoms with Crippen molar-refractivity contribution in [2.45, 2.75) is 82.3 Å². The monoisotopic (exact) mass is 552 g/mol. The summed E-state index contributed by atoms with van der Waals surface area (Å²) < 4.78 is 96.2. The predicted molar refractivity (Wildman–Crippen MR) is 125 cm³/mol. The quantitative estimate of drug-likeness (QED) is 0.202. The standard InChI is InChI=1S/C27H34F6O5/c1-25-11-10-19-18-7-5-17(38-15-23(34)35-2)14-16(18)4-6-20(19)21(25)8-9-22(25)36-12-3-13-37-24(26(28,29)30)27(31,32)33/h5,7,14,19-22,24H,3-4,6,8-13,15H2,1-2H3/t19-,20-,21+,22+,25+/m1/s1. The highest BCUT2D eigenvalue weighted by Crippen LogP contribution is 2.61. The van der Waals surface area contributed by atoms with Crippen LogP contribution in [0, 0.1) is 17.3 Å². The molecule has 0 heterocycles. The van der Waals surface area contributed by atoms with E-state index in [0.717, 1.165) is 38.5 Å². The Bertz CT molecular complexity index is 966. The highest BCUT2D eigenvalue weighted by atomic mass is 19.4. The van der Waals surface area contributed by atoms with Crippen LogP contribution in [0.5, 0.6) is 5.75 Å². The van der Waals surface area contributed by atoms with E-state index in [9.17, 15) is 31.1 Å². The second-order valence-corrected chi connectivity index (χ2v) is 10.8. The number of hydrogen-bond acceptors (Lipinski definition) is 5. The van der Waals surface area contributed by atoms with Gasteiger partial charge >= 0.3 is 18.3 Å². The van der Waals surface area contributed by atoms with Gasteiger partial charge in [-0.25, -0.2) is 4.79 Å². The molecule has 2 fully saturated rings. The number of methoxy groups -OCH3 is 1. The molecule has 0 aliphatic heterocycles. The van der Waals surface area contributed by atoms with Gasteiger partial charge in [0.1, 0.15) is 5.75 Å². The topological polar surface area (TPSA) is 54.0 Å². The van der Waals surface area contributed by atoms with Crippen LogP contribution in [0.25, 0.3) is 0 Å². The lowest BCUT2D eigenvalue weighted by molar-refractivity contribution is -0.322. The summed E-state index contributed by atoms with van der Waals surface area (Å²) in [5, 5.41) is 0. The average molecular weight is 553 g/mol. The number of hydrogen-bond donors (Lipinski definition) is 0. The molecule has 0 aromatic heterocycles. The van der Waals surface area contributed by atoms with Gasteiger partial charge in [-0.05, 0) is 91.4 Å². The number of rotatable bonds is 9. The van der Waals surface area contributed by atoms with E-state index in [2.05, 4.69) is 22.5 Å². The summed E-state index contributed by atoms with van der Waals surface area (Å²) in [6.45, 7) is 1.45. The van der Waals surface area contributed by atoms with Crippen molar-refractivity contribution < 1.29 is 50.1 Å². The van der Waals surface area contributed by atoms with E-state index in [-0.39, 0.29) is 31.2 Å². The van der Waals surface area contributed by atoms with Crippen LogP contribution in [-0.2, 0) is 25.4 Å². The Hall–Kier alpha value is -2.01. The lowest BCUT2D eigenvalue weighted by Crippen LogP contribution is -2.45. The fourth-order valence-electron chi connectivity index (χ4n) is 6.94. The van der Waals surface area contributed by atoms with Gasteiger partial charge in [0.15, 0.2) is 6.61 Å². The van der Waals surface area contributed by atoms with Crippen LogP contribution in [0.3, 0.4) is 0 Å². The number of esters is 1. The van der Waals surface area contributed by atoms with Crippen molar-refractivity contribution in [3.63, 3.8) is 0 Å². The third kappa shape index (κ3) is 6.08. The molecule has 5 nitrogen and oxygen atoms in total. The Labute approximate surface area is 218 Å². The predicted octanol–water partition coefficient (Wildman–Crippen LogP) is 6.38. The molecule has 1 aromatic carbocycles. The normalized spacial score (nSPS) is 29.0. The van der Waals surface area contributed by atoms with Crippen molar-refractivity contribution in [1.29, 1.82) is 0 Å². The van der Waals surface area contributed by atoms with E-state index >= 15 is 0 Å². The van der Waals surface area contributed by atoms with Crippen molar-refractivity contribution >= 4 is 5.97 Å². The summed E-state index contributed by atoms with van der Waals surface area (Å²) >= 11 is 0. The molecule has 3 aliphatic rings. The minimum Gasteiger partial charge on any atom is -0.482 e. The molecular formula is C27H34F6O5. The molecule has 0 amide bonds. The number of benzene rings is 1. The molecule has 0 unspecified atom stereocenters. The van der Waals surface area contributed by atoms with Gasteiger partial charge in [-0.15, -0.1) is 0 Å². The summed E-state index contributed by atoms with van der Waals surface area (Å²) in [7, 11) is 1.31. The molecule has 2 saturated carbocycles. The summed E-state index contributed by atoms with van der Waals surface area (Å²) in [5.74, 6) is 1.54. The fourth-order valence-corrected chi connectivity index (χ4v) is 6.94. The Kier molecular flexibility index (Phi) is 8.57.